The van der Waals surface area contributed by atoms with Crippen molar-refractivity contribution in [3.8, 4) is 0 Å². The van der Waals surface area contributed by atoms with Gasteiger partial charge in [0.1, 0.15) is 5.82 Å². The number of rotatable bonds is 3. The van der Waals surface area contributed by atoms with Gasteiger partial charge in [0, 0.05) is 19.2 Å². The van der Waals surface area contributed by atoms with Gasteiger partial charge in [0.15, 0.2) is 5.82 Å². The summed E-state index contributed by atoms with van der Waals surface area (Å²) < 4.78 is 53.7. The van der Waals surface area contributed by atoms with Crippen LogP contribution in [0.5, 0.6) is 0 Å². The minimum absolute atomic E-state index is 0.123. The Morgan fingerprint density at radius 2 is 1.83 bits per heavy atom. The monoisotopic (exact) mass is 340 g/mol. The van der Waals surface area contributed by atoms with Crippen molar-refractivity contribution >= 4 is 31.8 Å². The normalized spacial score (nSPS) is 17.1. The molecule has 0 bridgehead atoms. The zero-order valence-electron chi connectivity index (χ0n) is 9.29. The molecule has 1 N–H and O–H groups in total. The van der Waals surface area contributed by atoms with Crippen LogP contribution in [0.25, 0.3) is 0 Å². The van der Waals surface area contributed by atoms with Crippen LogP contribution in [0.2, 0.25) is 0 Å². The van der Waals surface area contributed by atoms with Crippen molar-refractivity contribution in [1.29, 1.82) is 0 Å². The number of hydrogen-bond acceptors (Lipinski definition) is 2. The first-order valence-corrected chi connectivity index (χ1v) is 7.56. The molecule has 1 aliphatic heterocycles. The van der Waals surface area contributed by atoms with Gasteiger partial charge in [-0.25, -0.2) is 8.78 Å². The first-order valence-electron chi connectivity index (χ1n) is 5.32. The number of hydrogen-bond donors (Lipinski definition) is 1. The van der Waals surface area contributed by atoms with Gasteiger partial charge in [-0.15, -0.1) is 0 Å². The van der Waals surface area contributed by atoms with Crippen molar-refractivity contribution in [3.05, 3.63) is 28.2 Å². The third-order valence-electron chi connectivity index (χ3n) is 2.64. The van der Waals surface area contributed by atoms with Crippen LogP contribution in [-0.2, 0) is 10.2 Å². The van der Waals surface area contributed by atoms with Gasteiger partial charge in [0.25, 0.3) is 0 Å². The summed E-state index contributed by atoms with van der Waals surface area (Å²) in [6.45, 7) is 0.793. The molecule has 0 radical (unpaired) electrons. The summed E-state index contributed by atoms with van der Waals surface area (Å²) in [7, 11) is -3.81. The van der Waals surface area contributed by atoms with Crippen LogP contribution in [0.3, 0.4) is 0 Å². The van der Waals surface area contributed by atoms with E-state index in [-0.39, 0.29) is 4.47 Å². The molecule has 0 aliphatic carbocycles. The molecule has 1 saturated heterocycles. The fourth-order valence-electron chi connectivity index (χ4n) is 1.76. The highest BCUT2D eigenvalue weighted by Crippen LogP contribution is 2.26. The van der Waals surface area contributed by atoms with E-state index in [9.17, 15) is 17.2 Å². The maximum atomic E-state index is 13.6. The van der Waals surface area contributed by atoms with Crippen LogP contribution in [0.4, 0.5) is 14.5 Å². The lowest BCUT2D eigenvalue weighted by molar-refractivity contribution is 0.482. The van der Waals surface area contributed by atoms with Gasteiger partial charge in [-0.3, -0.25) is 4.72 Å². The summed E-state index contributed by atoms with van der Waals surface area (Å²) >= 11 is 2.82. The second kappa shape index (κ2) is 5.10. The summed E-state index contributed by atoms with van der Waals surface area (Å²) in [5, 5.41) is 0. The third-order valence-corrected chi connectivity index (χ3v) is 4.74. The number of anilines is 1. The molecular weight excluding hydrogens is 330 g/mol. The van der Waals surface area contributed by atoms with Gasteiger partial charge in [-0.1, -0.05) is 0 Å². The lowest BCUT2D eigenvalue weighted by atomic mass is 10.3. The minimum Gasteiger partial charge on any atom is -0.268 e. The topological polar surface area (TPSA) is 49.4 Å². The maximum Gasteiger partial charge on any atom is 0.301 e. The quantitative estimate of drug-likeness (QED) is 0.859. The van der Waals surface area contributed by atoms with Gasteiger partial charge < -0.3 is 0 Å². The molecule has 0 atom stereocenters. The first kappa shape index (κ1) is 13.7. The predicted octanol–water partition coefficient (Wildman–Crippen LogP) is 2.48. The Morgan fingerprint density at radius 3 is 2.44 bits per heavy atom. The Balaban J connectivity index is 2.28. The molecule has 1 heterocycles. The summed E-state index contributed by atoms with van der Waals surface area (Å²) in [6.07, 6.45) is 1.55. The summed E-state index contributed by atoms with van der Waals surface area (Å²) in [4.78, 5) is 0. The number of nitrogens with zero attached hydrogens (tertiary/aromatic N) is 1. The van der Waals surface area contributed by atoms with Crippen molar-refractivity contribution in [3.63, 3.8) is 0 Å². The van der Waals surface area contributed by atoms with Gasteiger partial charge in [0.2, 0.25) is 0 Å². The largest absolute Gasteiger partial charge is 0.301 e. The molecule has 1 fully saturated rings. The predicted molar refractivity (Wildman–Crippen MR) is 67.4 cm³/mol. The van der Waals surface area contributed by atoms with Crippen LogP contribution >= 0.6 is 15.9 Å². The van der Waals surface area contributed by atoms with Crippen molar-refractivity contribution < 1.29 is 17.2 Å². The van der Waals surface area contributed by atoms with E-state index < -0.39 is 27.5 Å². The van der Waals surface area contributed by atoms with Gasteiger partial charge in [-0.2, -0.15) is 12.7 Å². The van der Waals surface area contributed by atoms with E-state index in [1.807, 2.05) is 0 Å². The van der Waals surface area contributed by atoms with E-state index in [2.05, 4.69) is 20.7 Å². The fraction of sp³-hybridized carbons (Fsp3) is 0.400. The fourth-order valence-corrected chi connectivity index (χ4v) is 3.49. The number of halogens is 3. The molecule has 0 amide bonds. The lowest BCUT2D eigenvalue weighted by Crippen LogP contribution is -2.33. The molecule has 1 aliphatic rings. The van der Waals surface area contributed by atoms with E-state index >= 15 is 0 Å². The SMILES string of the molecule is O=S(=O)(Nc1cc(F)cc(Br)c1F)N1CCCC1. The average Bonchev–Trinajstić information content (AvgIpc) is 2.78. The van der Waals surface area contributed by atoms with Crippen LogP contribution in [0.1, 0.15) is 12.8 Å². The number of benzene rings is 1. The zero-order chi connectivity index (χ0) is 13.3. The van der Waals surface area contributed by atoms with E-state index in [1.165, 1.54) is 4.31 Å². The highest BCUT2D eigenvalue weighted by atomic mass is 79.9. The van der Waals surface area contributed by atoms with E-state index in [0.717, 1.165) is 25.0 Å². The van der Waals surface area contributed by atoms with Crippen molar-refractivity contribution in [2.75, 3.05) is 17.8 Å². The maximum absolute atomic E-state index is 13.6. The highest BCUT2D eigenvalue weighted by molar-refractivity contribution is 9.10. The Bertz CT molecular complexity index is 559. The molecule has 0 aromatic heterocycles. The molecular formula is C10H11BrF2N2O2S. The smallest absolute Gasteiger partial charge is 0.268 e. The molecule has 0 saturated carbocycles. The van der Waals surface area contributed by atoms with Crippen LogP contribution in [0.15, 0.2) is 16.6 Å². The lowest BCUT2D eigenvalue weighted by Gasteiger charge is -2.17. The van der Waals surface area contributed by atoms with E-state index in [4.69, 9.17) is 0 Å². The van der Waals surface area contributed by atoms with Crippen molar-refractivity contribution in [2.45, 2.75) is 12.8 Å². The van der Waals surface area contributed by atoms with Crippen molar-refractivity contribution in [1.82, 2.24) is 4.31 Å². The molecule has 100 valence electrons. The number of nitrogens with one attached hydrogen (secondary N) is 1. The summed E-state index contributed by atoms with van der Waals surface area (Å²) in [5.41, 5.74) is -0.395. The highest BCUT2D eigenvalue weighted by Gasteiger charge is 2.26. The molecule has 0 spiro atoms. The molecule has 1 aromatic rings. The summed E-state index contributed by atoms with van der Waals surface area (Å²) in [6, 6.07) is 1.75. The van der Waals surface area contributed by atoms with E-state index in [0.29, 0.717) is 13.1 Å². The standard InChI is InChI=1S/C10H11BrF2N2O2S/c11-8-5-7(12)6-9(10(8)13)14-18(16,17)15-3-1-2-4-15/h5-6,14H,1-4H2. The van der Waals surface area contributed by atoms with Gasteiger partial charge in [-0.05, 0) is 34.8 Å². The van der Waals surface area contributed by atoms with Crippen molar-refractivity contribution in [2.24, 2.45) is 0 Å². The van der Waals surface area contributed by atoms with Crippen LogP contribution in [0, 0.1) is 11.6 Å². The molecule has 2 rings (SSSR count). The van der Waals surface area contributed by atoms with Gasteiger partial charge in [0.05, 0.1) is 10.2 Å². The van der Waals surface area contributed by atoms with Crippen LogP contribution < -0.4 is 4.72 Å². The van der Waals surface area contributed by atoms with E-state index in [1.54, 1.807) is 0 Å². The first-order chi connectivity index (χ1) is 8.40. The Kier molecular flexibility index (Phi) is 3.88. The molecule has 0 unspecified atom stereocenters. The third kappa shape index (κ3) is 2.81. The zero-order valence-corrected chi connectivity index (χ0v) is 11.7. The Hall–Kier alpha value is -0.730. The van der Waals surface area contributed by atoms with Crippen LogP contribution in [-0.4, -0.2) is 25.8 Å². The molecule has 4 nitrogen and oxygen atoms in total. The molecule has 18 heavy (non-hydrogen) atoms. The average molecular weight is 341 g/mol. The van der Waals surface area contributed by atoms with Gasteiger partial charge >= 0.3 is 10.2 Å². The minimum atomic E-state index is -3.81. The Morgan fingerprint density at radius 1 is 1.22 bits per heavy atom. The molecule has 1 aromatic carbocycles. The second-order valence-electron chi connectivity index (χ2n) is 3.96. The molecule has 8 heteroatoms. The summed E-state index contributed by atoms with van der Waals surface area (Å²) in [5.74, 6) is -1.55. The Labute approximate surface area is 112 Å². The second-order valence-corrected chi connectivity index (χ2v) is 6.49.